The maximum Gasteiger partial charge on any atom is 0.230 e. The van der Waals surface area contributed by atoms with Gasteiger partial charge in [-0.2, -0.15) is 0 Å². The van der Waals surface area contributed by atoms with Crippen LogP contribution in [0.5, 0.6) is 0 Å². The number of aliphatic hydroxyl groups excluding tert-OH is 1. The fourth-order valence-electron chi connectivity index (χ4n) is 1.90. The smallest absolute Gasteiger partial charge is 0.230 e. The fourth-order valence-corrected chi connectivity index (χ4v) is 2.78. The molecule has 2 aromatic rings. The van der Waals surface area contributed by atoms with Crippen molar-refractivity contribution >= 4 is 28.1 Å². The monoisotopic (exact) mass is 305 g/mol. The SMILES string of the molecule is CC(=O)N(c1ccc(C)cc1)c1nc(CNCCO)cs1. The molecule has 0 fully saturated rings. The van der Waals surface area contributed by atoms with Crippen molar-refractivity contribution in [2.45, 2.75) is 20.4 Å². The van der Waals surface area contributed by atoms with Crippen LogP contribution in [-0.2, 0) is 11.3 Å². The number of carbonyl (C=O) groups is 1. The highest BCUT2D eigenvalue weighted by atomic mass is 32.1. The molecule has 0 aliphatic rings. The van der Waals surface area contributed by atoms with E-state index in [-0.39, 0.29) is 12.5 Å². The predicted molar refractivity (Wildman–Crippen MR) is 84.9 cm³/mol. The summed E-state index contributed by atoms with van der Waals surface area (Å²) in [7, 11) is 0. The number of aliphatic hydroxyl groups is 1. The maximum absolute atomic E-state index is 11.9. The third kappa shape index (κ3) is 4.10. The van der Waals surface area contributed by atoms with Crippen LogP contribution in [0.2, 0.25) is 0 Å². The Labute approximate surface area is 128 Å². The van der Waals surface area contributed by atoms with Crippen molar-refractivity contribution in [2.75, 3.05) is 18.1 Å². The Hall–Kier alpha value is -1.76. The van der Waals surface area contributed by atoms with Crippen molar-refractivity contribution < 1.29 is 9.90 Å². The number of aryl methyl sites for hydroxylation is 1. The van der Waals surface area contributed by atoms with Crippen LogP contribution in [0.25, 0.3) is 0 Å². The summed E-state index contributed by atoms with van der Waals surface area (Å²) in [5.74, 6) is -0.0666. The van der Waals surface area contributed by atoms with E-state index in [1.54, 1.807) is 4.90 Å². The molecule has 2 rings (SSSR count). The number of carbonyl (C=O) groups excluding carboxylic acids is 1. The summed E-state index contributed by atoms with van der Waals surface area (Å²) in [6.45, 7) is 4.75. The molecule has 1 aromatic heterocycles. The average Bonchev–Trinajstić information content (AvgIpc) is 2.90. The molecular weight excluding hydrogens is 286 g/mol. The summed E-state index contributed by atoms with van der Waals surface area (Å²) >= 11 is 1.43. The van der Waals surface area contributed by atoms with Crippen LogP contribution in [0.15, 0.2) is 29.6 Å². The van der Waals surface area contributed by atoms with E-state index in [0.717, 1.165) is 16.9 Å². The van der Waals surface area contributed by atoms with E-state index in [4.69, 9.17) is 5.11 Å². The molecule has 1 amide bonds. The number of nitrogens with one attached hydrogen (secondary N) is 1. The van der Waals surface area contributed by atoms with Gasteiger partial charge in [-0.15, -0.1) is 11.3 Å². The molecule has 0 radical (unpaired) electrons. The zero-order chi connectivity index (χ0) is 15.2. The number of aromatic nitrogens is 1. The van der Waals surface area contributed by atoms with Gasteiger partial charge in [0.15, 0.2) is 5.13 Å². The van der Waals surface area contributed by atoms with Crippen LogP contribution in [0.4, 0.5) is 10.8 Å². The normalized spacial score (nSPS) is 10.6. The van der Waals surface area contributed by atoms with Crippen molar-refractivity contribution in [3.05, 3.63) is 40.9 Å². The third-order valence-electron chi connectivity index (χ3n) is 2.93. The molecule has 21 heavy (non-hydrogen) atoms. The molecule has 0 spiro atoms. The first-order valence-electron chi connectivity index (χ1n) is 6.75. The number of hydrogen-bond donors (Lipinski definition) is 2. The molecule has 5 nitrogen and oxygen atoms in total. The second kappa shape index (κ2) is 7.31. The third-order valence-corrected chi connectivity index (χ3v) is 3.81. The van der Waals surface area contributed by atoms with Crippen molar-refractivity contribution in [3.63, 3.8) is 0 Å². The van der Waals surface area contributed by atoms with Crippen LogP contribution in [0, 0.1) is 6.92 Å². The van der Waals surface area contributed by atoms with Gasteiger partial charge < -0.3 is 10.4 Å². The van der Waals surface area contributed by atoms with Crippen molar-refractivity contribution in [3.8, 4) is 0 Å². The van der Waals surface area contributed by atoms with Gasteiger partial charge in [-0.25, -0.2) is 4.98 Å². The molecule has 0 aliphatic heterocycles. The molecule has 2 N–H and O–H groups in total. The van der Waals surface area contributed by atoms with E-state index in [2.05, 4.69) is 10.3 Å². The van der Waals surface area contributed by atoms with E-state index in [0.29, 0.717) is 18.2 Å². The quantitative estimate of drug-likeness (QED) is 0.803. The molecule has 1 heterocycles. The minimum Gasteiger partial charge on any atom is -0.395 e. The van der Waals surface area contributed by atoms with Crippen LogP contribution >= 0.6 is 11.3 Å². The molecule has 112 valence electrons. The number of thiazole rings is 1. The Balaban J connectivity index is 2.19. The van der Waals surface area contributed by atoms with E-state index in [1.165, 1.54) is 18.3 Å². The average molecular weight is 305 g/mol. The summed E-state index contributed by atoms with van der Waals surface area (Å²) in [5.41, 5.74) is 2.83. The van der Waals surface area contributed by atoms with E-state index < -0.39 is 0 Å². The molecule has 6 heteroatoms. The maximum atomic E-state index is 11.9. The zero-order valence-electron chi connectivity index (χ0n) is 12.2. The molecule has 0 unspecified atom stereocenters. The summed E-state index contributed by atoms with van der Waals surface area (Å²) in [4.78, 5) is 18.0. The van der Waals surface area contributed by atoms with Crippen LogP contribution < -0.4 is 10.2 Å². The standard InChI is InChI=1S/C15H19N3O2S/c1-11-3-5-14(6-4-11)18(12(2)20)15-17-13(10-21-15)9-16-7-8-19/h3-6,10,16,19H,7-9H2,1-2H3. The lowest BCUT2D eigenvalue weighted by Crippen LogP contribution is -2.23. The Kier molecular flexibility index (Phi) is 5.44. The van der Waals surface area contributed by atoms with Crippen LogP contribution in [0.1, 0.15) is 18.2 Å². The van der Waals surface area contributed by atoms with Gasteiger partial charge in [-0.1, -0.05) is 17.7 Å². The second-order valence-electron chi connectivity index (χ2n) is 4.71. The van der Waals surface area contributed by atoms with Gasteiger partial charge in [0.05, 0.1) is 18.0 Å². The number of anilines is 2. The fraction of sp³-hybridized carbons (Fsp3) is 0.333. The van der Waals surface area contributed by atoms with Crippen molar-refractivity contribution in [1.82, 2.24) is 10.3 Å². The minimum absolute atomic E-state index is 0.0666. The largest absolute Gasteiger partial charge is 0.395 e. The summed E-state index contributed by atoms with van der Waals surface area (Å²) in [6, 6.07) is 7.79. The predicted octanol–water partition coefficient (Wildman–Crippen LogP) is 2.22. The van der Waals surface area contributed by atoms with Gasteiger partial charge in [0.25, 0.3) is 0 Å². The van der Waals surface area contributed by atoms with Crippen LogP contribution in [0.3, 0.4) is 0 Å². The molecule has 0 atom stereocenters. The van der Waals surface area contributed by atoms with Gasteiger partial charge >= 0.3 is 0 Å². The highest BCUT2D eigenvalue weighted by Gasteiger charge is 2.17. The molecule has 1 aromatic carbocycles. The number of hydrogen-bond acceptors (Lipinski definition) is 5. The number of benzene rings is 1. The second-order valence-corrected chi connectivity index (χ2v) is 5.55. The van der Waals surface area contributed by atoms with Gasteiger partial charge in [0.1, 0.15) is 0 Å². The van der Waals surface area contributed by atoms with Gasteiger partial charge in [0, 0.05) is 25.4 Å². The summed E-state index contributed by atoms with van der Waals surface area (Å²) in [5, 5.41) is 14.4. The number of nitrogens with zero attached hydrogens (tertiary/aromatic N) is 2. The minimum atomic E-state index is -0.0666. The van der Waals surface area contributed by atoms with Gasteiger partial charge in [-0.3, -0.25) is 9.69 Å². The Morgan fingerprint density at radius 1 is 1.38 bits per heavy atom. The Bertz CT molecular complexity index is 595. The number of amides is 1. The zero-order valence-corrected chi connectivity index (χ0v) is 13.0. The topological polar surface area (TPSA) is 65.5 Å². The molecule has 0 saturated carbocycles. The van der Waals surface area contributed by atoms with E-state index in [1.807, 2.05) is 36.6 Å². The van der Waals surface area contributed by atoms with Gasteiger partial charge in [-0.05, 0) is 19.1 Å². The first-order valence-corrected chi connectivity index (χ1v) is 7.63. The van der Waals surface area contributed by atoms with Gasteiger partial charge in [0.2, 0.25) is 5.91 Å². The highest BCUT2D eigenvalue weighted by molar-refractivity contribution is 7.14. The molecular formula is C15H19N3O2S. The molecule has 0 aliphatic carbocycles. The molecule has 0 saturated heterocycles. The summed E-state index contributed by atoms with van der Waals surface area (Å²) < 4.78 is 0. The summed E-state index contributed by atoms with van der Waals surface area (Å²) in [6.07, 6.45) is 0. The molecule has 0 bridgehead atoms. The Morgan fingerprint density at radius 2 is 2.10 bits per heavy atom. The number of rotatable bonds is 6. The van der Waals surface area contributed by atoms with E-state index >= 15 is 0 Å². The first kappa shape index (κ1) is 15.6. The lowest BCUT2D eigenvalue weighted by atomic mass is 10.2. The highest BCUT2D eigenvalue weighted by Crippen LogP contribution is 2.29. The van der Waals surface area contributed by atoms with E-state index in [9.17, 15) is 4.79 Å². The van der Waals surface area contributed by atoms with Crippen LogP contribution in [-0.4, -0.2) is 29.1 Å². The lowest BCUT2D eigenvalue weighted by Gasteiger charge is -2.18. The van der Waals surface area contributed by atoms with Crippen molar-refractivity contribution in [1.29, 1.82) is 0 Å². The lowest BCUT2D eigenvalue weighted by molar-refractivity contribution is -0.115. The van der Waals surface area contributed by atoms with Crippen molar-refractivity contribution in [2.24, 2.45) is 0 Å². The first-order chi connectivity index (χ1) is 10.1. The Morgan fingerprint density at radius 3 is 2.71 bits per heavy atom.